The van der Waals surface area contributed by atoms with Crippen LogP contribution in [0.3, 0.4) is 0 Å². The lowest BCUT2D eigenvalue weighted by Gasteiger charge is -2.08. The number of carbonyl (C=O) groups excluding carboxylic acids is 2. The van der Waals surface area contributed by atoms with Gasteiger partial charge in [0.05, 0.1) is 25.0 Å². The van der Waals surface area contributed by atoms with E-state index < -0.39 is 11.9 Å². The lowest BCUT2D eigenvalue weighted by Crippen LogP contribution is -2.11. The first-order valence-corrected chi connectivity index (χ1v) is 6.59. The Bertz CT molecular complexity index is 569. The van der Waals surface area contributed by atoms with Crippen LogP contribution >= 0.6 is 11.8 Å². The SMILES string of the molecule is CCOC(=O)c1cc(C#N)c(SCC(=O)OC)nc1N. The van der Waals surface area contributed by atoms with Crippen LogP contribution in [0.2, 0.25) is 0 Å². The van der Waals surface area contributed by atoms with E-state index in [1.165, 1.54) is 13.2 Å². The smallest absolute Gasteiger partial charge is 0.341 e. The molecule has 0 saturated carbocycles. The number of hydrogen-bond acceptors (Lipinski definition) is 8. The number of ether oxygens (including phenoxy) is 2. The number of aromatic nitrogens is 1. The van der Waals surface area contributed by atoms with Gasteiger partial charge in [-0.15, -0.1) is 0 Å². The first-order chi connectivity index (χ1) is 9.53. The monoisotopic (exact) mass is 295 g/mol. The van der Waals surface area contributed by atoms with Crippen molar-refractivity contribution in [2.75, 3.05) is 25.2 Å². The maximum Gasteiger partial charge on any atom is 0.341 e. The molecule has 0 spiro atoms. The molecule has 1 aromatic heterocycles. The second-order valence-corrected chi connectivity index (χ2v) is 4.44. The third-order valence-electron chi connectivity index (χ3n) is 2.19. The number of esters is 2. The largest absolute Gasteiger partial charge is 0.468 e. The summed E-state index contributed by atoms with van der Waals surface area (Å²) < 4.78 is 9.31. The lowest BCUT2D eigenvalue weighted by atomic mass is 10.2. The Balaban J connectivity index is 3.05. The van der Waals surface area contributed by atoms with Crippen LogP contribution < -0.4 is 5.73 Å². The van der Waals surface area contributed by atoms with Crippen LogP contribution in [0.1, 0.15) is 22.8 Å². The molecule has 1 aromatic rings. The molecule has 0 fully saturated rings. The van der Waals surface area contributed by atoms with Crippen LogP contribution in [0.5, 0.6) is 0 Å². The summed E-state index contributed by atoms with van der Waals surface area (Å²) in [6.07, 6.45) is 0. The predicted octanol–water partition coefficient (Wildman–Crippen LogP) is 0.977. The minimum atomic E-state index is -0.640. The Morgan fingerprint density at radius 3 is 2.80 bits per heavy atom. The summed E-state index contributed by atoms with van der Waals surface area (Å²) in [7, 11) is 1.26. The molecule has 7 nitrogen and oxygen atoms in total. The van der Waals surface area contributed by atoms with E-state index in [0.29, 0.717) is 0 Å². The number of nitrogens with two attached hydrogens (primary N) is 1. The van der Waals surface area contributed by atoms with E-state index in [2.05, 4.69) is 9.72 Å². The van der Waals surface area contributed by atoms with E-state index in [9.17, 15) is 9.59 Å². The predicted molar refractivity (Wildman–Crippen MR) is 72.1 cm³/mol. The van der Waals surface area contributed by atoms with Crippen LogP contribution in [0.15, 0.2) is 11.1 Å². The van der Waals surface area contributed by atoms with E-state index in [1.807, 2.05) is 6.07 Å². The van der Waals surface area contributed by atoms with Gasteiger partial charge in [-0.3, -0.25) is 4.79 Å². The molecule has 1 heterocycles. The Kier molecular flexibility index (Phi) is 5.80. The number of carbonyl (C=O) groups is 2. The van der Waals surface area contributed by atoms with Crippen LogP contribution in [-0.2, 0) is 14.3 Å². The summed E-state index contributed by atoms with van der Waals surface area (Å²) in [6.45, 7) is 1.85. The van der Waals surface area contributed by atoms with Gasteiger partial charge in [-0.05, 0) is 13.0 Å². The standard InChI is InChI=1S/C12H13N3O4S/c1-3-19-12(17)8-4-7(5-13)11(15-10(8)14)20-6-9(16)18-2/h4H,3,6H2,1-2H3,(H2,14,15). The molecule has 20 heavy (non-hydrogen) atoms. The van der Waals surface area contributed by atoms with Crippen molar-refractivity contribution < 1.29 is 19.1 Å². The van der Waals surface area contributed by atoms with Crippen LogP contribution in [-0.4, -0.2) is 36.4 Å². The van der Waals surface area contributed by atoms with E-state index in [0.717, 1.165) is 11.8 Å². The van der Waals surface area contributed by atoms with Gasteiger partial charge in [-0.1, -0.05) is 11.8 Å². The van der Waals surface area contributed by atoms with Crippen molar-refractivity contribution in [3.8, 4) is 6.07 Å². The topological polar surface area (TPSA) is 115 Å². The van der Waals surface area contributed by atoms with Gasteiger partial charge >= 0.3 is 11.9 Å². The normalized spacial score (nSPS) is 9.65. The fourth-order valence-corrected chi connectivity index (χ4v) is 2.05. The molecule has 0 amide bonds. The molecule has 0 aliphatic heterocycles. The van der Waals surface area contributed by atoms with Crippen molar-refractivity contribution >= 4 is 29.5 Å². The number of methoxy groups -OCH3 is 1. The number of rotatable bonds is 5. The zero-order valence-corrected chi connectivity index (χ0v) is 11.8. The summed E-state index contributed by atoms with van der Waals surface area (Å²) in [5.74, 6) is -1.14. The average molecular weight is 295 g/mol. The Morgan fingerprint density at radius 2 is 2.25 bits per heavy atom. The van der Waals surface area contributed by atoms with Gasteiger partial charge in [0.1, 0.15) is 22.5 Å². The quantitative estimate of drug-likeness (QED) is 0.631. The number of nitrogens with zero attached hydrogens (tertiary/aromatic N) is 2. The maximum absolute atomic E-state index is 11.6. The van der Waals surface area contributed by atoms with E-state index in [1.54, 1.807) is 6.92 Å². The molecule has 0 bridgehead atoms. The zero-order chi connectivity index (χ0) is 15.1. The minimum Gasteiger partial charge on any atom is -0.468 e. The van der Waals surface area contributed by atoms with E-state index >= 15 is 0 Å². The van der Waals surface area contributed by atoms with Gasteiger partial charge in [-0.25, -0.2) is 9.78 Å². The number of thioether (sulfide) groups is 1. The molecule has 8 heteroatoms. The highest BCUT2D eigenvalue weighted by molar-refractivity contribution is 7.99. The summed E-state index contributed by atoms with van der Waals surface area (Å²) >= 11 is 1.01. The Hall–Kier alpha value is -2.27. The Labute approximate surface area is 120 Å². The fraction of sp³-hybridized carbons (Fsp3) is 0.333. The number of nitriles is 1. The van der Waals surface area contributed by atoms with Gasteiger partial charge in [0, 0.05) is 0 Å². The highest BCUT2D eigenvalue weighted by atomic mass is 32.2. The summed E-state index contributed by atoms with van der Waals surface area (Å²) in [6, 6.07) is 3.21. The van der Waals surface area contributed by atoms with Gasteiger partial charge in [0.25, 0.3) is 0 Å². The highest BCUT2D eigenvalue weighted by Crippen LogP contribution is 2.24. The molecule has 0 atom stereocenters. The first kappa shape index (κ1) is 15.8. The van der Waals surface area contributed by atoms with Crippen LogP contribution in [0.4, 0.5) is 5.82 Å². The molecule has 0 aromatic carbocycles. The molecule has 0 saturated heterocycles. The van der Waals surface area contributed by atoms with E-state index in [4.69, 9.17) is 15.7 Å². The zero-order valence-electron chi connectivity index (χ0n) is 11.0. The van der Waals surface area contributed by atoms with E-state index in [-0.39, 0.29) is 34.3 Å². The molecule has 0 aliphatic carbocycles. The van der Waals surface area contributed by atoms with Crippen LogP contribution in [0, 0.1) is 11.3 Å². The van der Waals surface area contributed by atoms with Crippen molar-refractivity contribution in [2.24, 2.45) is 0 Å². The summed E-state index contributed by atoms with van der Waals surface area (Å²) in [4.78, 5) is 26.7. The highest BCUT2D eigenvalue weighted by Gasteiger charge is 2.17. The molecule has 106 valence electrons. The van der Waals surface area contributed by atoms with Crippen molar-refractivity contribution in [2.45, 2.75) is 11.9 Å². The first-order valence-electron chi connectivity index (χ1n) is 5.60. The molecule has 0 radical (unpaired) electrons. The second kappa shape index (κ2) is 7.35. The lowest BCUT2D eigenvalue weighted by molar-refractivity contribution is -0.137. The molecule has 2 N–H and O–H groups in total. The van der Waals surface area contributed by atoms with Gasteiger partial charge in [-0.2, -0.15) is 5.26 Å². The molecule has 1 rings (SSSR count). The third-order valence-corrected chi connectivity index (χ3v) is 3.15. The summed E-state index contributed by atoms with van der Waals surface area (Å²) in [5.41, 5.74) is 5.85. The minimum absolute atomic E-state index is 0.00360. The molecular weight excluding hydrogens is 282 g/mol. The number of nitrogen functional groups attached to an aromatic ring is 1. The number of anilines is 1. The number of pyridine rings is 1. The fourth-order valence-electron chi connectivity index (χ4n) is 1.26. The van der Waals surface area contributed by atoms with Crippen molar-refractivity contribution in [3.05, 3.63) is 17.2 Å². The van der Waals surface area contributed by atoms with Crippen molar-refractivity contribution in [3.63, 3.8) is 0 Å². The number of hydrogen-bond donors (Lipinski definition) is 1. The molecule has 0 unspecified atom stereocenters. The molecule has 0 aliphatic rings. The van der Waals surface area contributed by atoms with Gasteiger partial charge in [0.2, 0.25) is 0 Å². The van der Waals surface area contributed by atoms with Crippen molar-refractivity contribution in [1.82, 2.24) is 4.98 Å². The Morgan fingerprint density at radius 1 is 1.55 bits per heavy atom. The summed E-state index contributed by atoms with van der Waals surface area (Å²) in [5, 5.41) is 9.32. The van der Waals surface area contributed by atoms with Gasteiger partial charge < -0.3 is 15.2 Å². The van der Waals surface area contributed by atoms with Crippen LogP contribution in [0.25, 0.3) is 0 Å². The van der Waals surface area contributed by atoms with Crippen molar-refractivity contribution in [1.29, 1.82) is 5.26 Å². The average Bonchev–Trinajstić information content (AvgIpc) is 2.44. The third kappa shape index (κ3) is 3.86. The second-order valence-electron chi connectivity index (χ2n) is 3.47. The van der Waals surface area contributed by atoms with Gasteiger partial charge in [0.15, 0.2) is 0 Å². The maximum atomic E-state index is 11.6. The molecular formula is C12H13N3O4S.